The zero-order valence-electron chi connectivity index (χ0n) is 10.5. The van der Waals surface area contributed by atoms with Crippen molar-refractivity contribution in [2.75, 3.05) is 18.0 Å². The number of carbonyl (C=O) groups is 1. The summed E-state index contributed by atoms with van der Waals surface area (Å²) in [5.74, 6) is 1.01. The van der Waals surface area contributed by atoms with Gasteiger partial charge in [0.25, 0.3) is 0 Å². The number of rotatable bonds is 2. The Balaban J connectivity index is 2.21. The number of carbonyl (C=O) groups excluding carboxylic acids is 1. The van der Waals surface area contributed by atoms with Gasteiger partial charge in [-0.25, -0.2) is 4.98 Å². The molecule has 0 amide bonds. The van der Waals surface area contributed by atoms with Crippen LogP contribution in [-0.2, 0) is 0 Å². The summed E-state index contributed by atoms with van der Waals surface area (Å²) in [6, 6.07) is 7.90. The molecule has 0 unspecified atom stereocenters. The van der Waals surface area contributed by atoms with E-state index in [9.17, 15) is 4.79 Å². The molecule has 2 heterocycles. The lowest BCUT2D eigenvalue weighted by Gasteiger charge is -2.18. The molecule has 0 saturated carbocycles. The summed E-state index contributed by atoms with van der Waals surface area (Å²) >= 11 is 0. The molecule has 92 valence electrons. The number of anilines is 1. The first-order valence-corrected chi connectivity index (χ1v) is 6.40. The number of benzene rings is 1. The molecule has 18 heavy (non-hydrogen) atoms. The minimum absolute atomic E-state index is 0.677. The normalized spacial score (nSPS) is 15.3. The van der Waals surface area contributed by atoms with Crippen LogP contribution >= 0.6 is 0 Å². The summed E-state index contributed by atoms with van der Waals surface area (Å²) in [4.78, 5) is 18.1. The van der Waals surface area contributed by atoms with E-state index < -0.39 is 0 Å². The number of nitrogens with zero attached hydrogens (tertiary/aromatic N) is 2. The molecule has 1 aliphatic rings. The Morgan fingerprint density at radius 3 is 2.78 bits per heavy atom. The minimum atomic E-state index is 0.677. The van der Waals surface area contributed by atoms with Gasteiger partial charge in [0, 0.05) is 24.0 Å². The number of para-hydroxylation sites is 1. The van der Waals surface area contributed by atoms with Crippen LogP contribution in [0.1, 0.15) is 28.8 Å². The second-order valence-electron chi connectivity index (χ2n) is 4.85. The van der Waals surface area contributed by atoms with Crippen LogP contribution in [0.5, 0.6) is 0 Å². The summed E-state index contributed by atoms with van der Waals surface area (Å²) in [5.41, 5.74) is 2.69. The monoisotopic (exact) mass is 240 g/mol. The molecular weight excluding hydrogens is 224 g/mol. The Bertz CT molecular complexity index is 601. The highest BCUT2D eigenvalue weighted by Gasteiger charge is 2.15. The summed E-state index contributed by atoms with van der Waals surface area (Å²) in [6.07, 6.45) is 3.35. The summed E-state index contributed by atoms with van der Waals surface area (Å²) in [6.45, 7) is 4.22. The van der Waals surface area contributed by atoms with E-state index in [2.05, 4.69) is 22.9 Å². The number of pyridine rings is 1. The van der Waals surface area contributed by atoms with Gasteiger partial charge in [-0.15, -0.1) is 0 Å². The molecule has 1 saturated heterocycles. The van der Waals surface area contributed by atoms with E-state index in [1.54, 1.807) is 0 Å². The first-order valence-electron chi connectivity index (χ1n) is 6.40. The zero-order valence-corrected chi connectivity index (χ0v) is 10.5. The molecule has 3 nitrogen and oxygen atoms in total. The fourth-order valence-corrected chi connectivity index (χ4v) is 2.63. The maximum absolute atomic E-state index is 11.1. The quantitative estimate of drug-likeness (QED) is 0.757. The summed E-state index contributed by atoms with van der Waals surface area (Å²) in [7, 11) is 0. The van der Waals surface area contributed by atoms with E-state index in [0.717, 1.165) is 36.1 Å². The number of aryl methyl sites for hydroxylation is 1. The van der Waals surface area contributed by atoms with Crippen LogP contribution in [0.25, 0.3) is 10.9 Å². The lowest BCUT2D eigenvalue weighted by atomic mass is 10.1. The minimum Gasteiger partial charge on any atom is -0.357 e. The summed E-state index contributed by atoms with van der Waals surface area (Å²) in [5, 5.41) is 1.07. The van der Waals surface area contributed by atoms with Crippen molar-refractivity contribution in [1.82, 2.24) is 4.98 Å². The van der Waals surface area contributed by atoms with Gasteiger partial charge in [-0.1, -0.05) is 12.1 Å². The second-order valence-corrected chi connectivity index (χ2v) is 4.85. The van der Waals surface area contributed by atoms with E-state index in [4.69, 9.17) is 0 Å². The average Bonchev–Trinajstić information content (AvgIpc) is 2.92. The third kappa shape index (κ3) is 1.76. The van der Waals surface area contributed by atoms with Gasteiger partial charge in [-0.2, -0.15) is 0 Å². The number of aromatic nitrogens is 1. The molecule has 0 bridgehead atoms. The predicted molar refractivity (Wildman–Crippen MR) is 73.3 cm³/mol. The molecule has 0 radical (unpaired) electrons. The van der Waals surface area contributed by atoms with Crippen molar-refractivity contribution in [2.24, 2.45) is 0 Å². The van der Waals surface area contributed by atoms with Crippen LogP contribution in [-0.4, -0.2) is 24.4 Å². The Kier molecular flexibility index (Phi) is 2.74. The van der Waals surface area contributed by atoms with Gasteiger partial charge in [0.15, 0.2) is 6.29 Å². The highest BCUT2D eigenvalue weighted by molar-refractivity contribution is 5.97. The number of hydrogen-bond donors (Lipinski definition) is 0. The zero-order chi connectivity index (χ0) is 12.5. The molecule has 2 aromatic rings. The van der Waals surface area contributed by atoms with Gasteiger partial charge in [0.2, 0.25) is 0 Å². The fraction of sp³-hybridized carbons (Fsp3) is 0.333. The molecule has 3 heteroatoms. The average molecular weight is 240 g/mol. The van der Waals surface area contributed by atoms with Gasteiger partial charge < -0.3 is 4.90 Å². The number of aldehydes is 1. The molecule has 1 aliphatic heterocycles. The van der Waals surface area contributed by atoms with Gasteiger partial charge >= 0.3 is 0 Å². The third-order valence-electron chi connectivity index (χ3n) is 3.62. The van der Waals surface area contributed by atoms with Crippen molar-refractivity contribution in [3.8, 4) is 0 Å². The molecule has 3 rings (SSSR count). The molecule has 1 fully saturated rings. The SMILES string of the molecule is Cc1cc(N2CCCC2)nc2c(C=O)cccc12. The predicted octanol–water partition coefficient (Wildman–Crippen LogP) is 2.96. The van der Waals surface area contributed by atoms with Gasteiger partial charge in [-0.3, -0.25) is 4.79 Å². The van der Waals surface area contributed by atoms with Crippen LogP contribution in [0.3, 0.4) is 0 Å². The van der Waals surface area contributed by atoms with E-state index in [1.807, 2.05) is 18.2 Å². The molecule has 0 spiro atoms. The van der Waals surface area contributed by atoms with Gasteiger partial charge in [0.05, 0.1) is 5.52 Å². The first-order chi connectivity index (χ1) is 8.79. The van der Waals surface area contributed by atoms with Crippen molar-refractivity contribution in [3.63, 3.8) is 0 Å². The van der Waals surface area contributed by atoms with Crippen LogP contribution in [0.2, 0.25) is 0 Å². The first kappa shape index (κ1) is 11.2. The smallest absolute Gasteiger partial charge is 0.152 e. The molecule has 0 N–H and O–H groups in total. The molecule has 0 atom stereocenters. The number of fused-ring (bicyclic) bond motifs is 1. The highest BCUT2D eigenvalue weighted by Crippen LogP contribution is 2.26. The third-order valence-corrected chi connectivity index (χ3v) is 3.62. The molecule has 0 aliphatic carbocycles. The Hall–Kier alpha value is -1.90. The molecule has 1 aromatic carbocycles. The fourth-order valence-electron chi connectivity index (χ4n) is 2.63. The Morgan fingerprint density at radius 1 is 1.28 bits per heavy atom. The summed E-state index contributed by atoms with van der Waals surface area (Å²) < 4.78 is 0. The van der Waals surface area contributed by atoms with Crippen LogP contribution in [0, 0.1) is 6.92 Å². The Labute approximate surface area is 106 Å². The van der Waals surface area contributed by atoms with Crippen molar-refractivity contribution >= 4 is 23.0 Å². The number of hydrogen-bond acceptors (Lipinski definition) is 3. The lowest BCUT2D eigenvalue weighted by Crippen LogP contribution is -2.19. The van der Waals surface area contributed by atoms with Crippen molar-refractivity contribution in [3.05, 3.63) is 35.4 Å². The van der Waals surface area contributed by atoms with Crippen molar-refractivity contribution < 1.29 is 4.79 Å². The maximum Gasteiger partial charge on any atom is 0.152 e. The van der Waals surface area contributed by atoms with Crippen LogP contribution in [0.15, 0.2) is 24.3 Å². The van der Waals surface area contributed by atoms with Crippen molar-refractivity contribution in [1.29, 1.82) is 0 Å². The van der Waals surface area contributed by atoms with Crippen LogP contribution < -0.4 is 4.90 Å². The van der Waals surface area contributed by atoms with Crippen LogP contribution in [0.4, 0.5) is 5.82 Å². The standard InChI is InChI=1S/C15H16N2O/c1-11-9-14(17-7-2-3-8-17)16-15-12(10-18)5-4-6-13(11)15/h4-6,9-10H,2-3,7-8H2,1H3. The lowest BCUT2D eigenvalue weighted by molar-refractivity contribution is 0.112. The second kappa shape index (κ2) is 4.41. The largest absolute Gasteiger partial charge is 0.357 e. The molecule has 1 aromatic heterocycles. The topological polar surface area (TPSA) is 33.2 Å². The molecular formula is C15H16N2O. The highest BCUT2D eigenvalue weighted by atomic mass is 16.1. The van der Waals surface area contributed by atoms with E-state index in [-0.39, 0.29) is 0 Å². The van der Waals surface area contributed by atoms with E-state index in [1.165, 1.54) is 18.4 Å². The van der Waals surface area contributed by atoms with E-state index >= 15 is 0 Å². The van der Waals surface area contributed by atoms with Gasteiger partial charge in [-0.05, 0) is 37.5 Å². The maximum atomic E-state index is 11.1. The van der Waals surface area contributed by atoms with Gasteiger partial charge in [0.1, 0.15) is 5.82 Å². The van der Waals surface area contributed by atoms with E-state index in [0.29, 0.717) is 5.56 Å². The Morgan fingerprint density at radius 2 is 2.06 bits per heavy atom. The van der Waals surface area contributed by atoms with Crippen molar-refractivity contribution in [2.45, 2.75) is 19.8 Å².